The van der Waals surface area contributed by atoms with Crippen molar-refractivity contribution in [2.24, 2.45) is 0 Å². The van der Waals surface area contributed by atoms with Crippen molar-refractivity contribution in [3.05, 3.63) is 158 Å². The van der Waals surface area contributed by atoms with Crippen LogP contribution >= 0.6 is 0 Å². The van der Waals surface area contributed by atoms with Gasteiger partial charge in [0.2, 0.25) is 0 Å². The van der Waals surface area contributed by atoms with Gasteiger partial charge in [0.15, 0.2) is 13.5 Å². The highest BCUT2D eigenvalue weighted by atomic mass is 16.5. The molecule has 0 N–H and O–H groups in total. The van der Waals surface area contributed by atoms with Crippen LogP contribution in [0.1, 0.15) is 22.3 Å². The summed E-state index contributed by atoms with van der Waals surface area (Å²) in [7, 11) is 0. The van der Waals surface area contributed by atoms with Crippen LogP contribution in [0.2, 0.25) is 0 Å². The van der Waals surface area contributed by atoms with Crippen LogP contribution in [0.4, 0.5) is 22.7 Å². The van der Waals surface area contributed by atoms with Gasteiger partial charge >= 0.3 is 0 Å². The summed E-state index contributed by atoms with van der Waals surface area (Å²) >= 11 is 0. The first-order valence-electron chi connectivity index (χ1n) is 16.2. The molecular formula is C41H44N4O2. The SMILES string of the molecule is C=CCN(CC=C)c1ccc2c(c1)CN(c1ccc(Cc3ccc(N4COc5ccc(N(CC=C)CC=C)cc5C4)cc3)cc1)CO2. The van der Waals surface area contributed by atoms with E-state index < -0.39 is 0 Å². The van der Waals surface area contributed by atoms with Crippen molar-refractivity contribution in [2.75, 3.05) is 59.2 Å². The molecule has 0 radical (unpaired) electrons. The van der Waals surface area contributed by atoms with Crippen LogP contribution in [0.5, 0.6) is 11.5 Å². The number of hydrogen-bond acceptors (Lipinski definition) is 6. The Morgan fingerprint density at radius 1 is 0.532 bits per heavy atom. The molecule has 47 heavy (non-hydrogen) atoms. The first-order chi connectivity index (χ1) is 23.1. The zero-order chi connectivity index (χ0) is 32.6. The number of nitrogens with zero attached hydrogens (tertiary/aromatic N) is 4. The summed E-state index contributed by atoms with van der Waals surface area (Å²) in [6, 6.07) is 30.5. The van der Waals surface area contributed by atoms with Crippen LogP contribution in [0.15, 0.2) is 136 Å². The Morgan fingerprint density at radius 3 is 1.28 bits per heavy atom. The Labute approximate surface area is 279 Å². The van der Waals surface area contributed by atoms with Crippen LogP contribution in [-0.2, 0) is 19.5 Å². The average Bonchev–Trinajstić information content (AvgIpc) is 3.11. The van der Waals surface area contributed by atoms with Gasteiger partial charge < -0.3 is 29.1 Å². The minimum atomic E-state index is 0.532. The van der Waals surface area contributed by atoms with Gasteiger partial charge in [-0.25, -0.2) is 0 Å². The smallest absolute Gasteiger partial charge is 0.161 e. The van der Waals surface area contributed by atoms with E-state index in [0.717, 1.165) is 79.9 Å². The number of anilines is 4. The molecule has 2 heterocycles. The molecule has 6 rings (SSSR count). The van der Waals surface area contributed by atoms with E-state index in [9.17, 15) is 0 Å². The number of benzene rings is 4. The third kappa shape index (κ3) is 7.39. The molecule has 0 unspecified atom stereocenters. The molecule has 0 bridgehead atoms. The van der Waals surface area contributed by atoms with E-state index in [2.05, 4.69) is 131 Å². The van der Waals surface area contributed by atoms with Gasteiger partial charge in [-0.2, -0.15) is 0 Å². The topological polar surface area (TPSA) is 31.4 Å². The van der Waals surface area contributed by atoms with Gasteiger partial charge in [-0.1, -0.05) is 48.6 Å². The highest BCUT2D eigenvalue weighted by Crippen LogP contribution is 2.34. The van der Waals surface area contributed by atoms with Crippen molar-refractivity contribution in [3.63, 3.8) is 0 Å². The second kappa shape index (κ2) is 14.8. The number of ether oxygens (including phenoxy) is 2. The van der Waals surface area contributed by atoms with Crippen LogP contribution in [0.25, 0.3) is 0 Å². The molecule has 4 aromatic carbocycles. The standard InChI is InChI=1S/C41H44N4O2/c1-5-21-42(22-6-2)38-17-19-40-34(26-38)28-44(30-46-40)36-13-9-32(10-14-36)25-33-11-15-37(16-12-33)45-29-35-27-39(18-20-41(35)47-31-45)43(23-7-3)24-8-4/h5-20,26-27H,1-4,21-25,28-31H2. The summed E-state index contributed by atoms with van der Waals surface area (Å²) in [6.07, 6.45) is 8.55. The normalized spacial score (nSPS) is 13.4. The van der Waals surface area contributed by atoms with Gasteiger partial charge in [-0.05, 0) is 78.2 Å². The summed E-state index contributed by atoms with van der Waals surface area (Å²) in [4.78, 5) is 9.04. The molecule has 0 aliphatic carbocycles. The molecule has 2 aliphatic heterocycles. The Hall–Kier alpha value is -5.36. The lowest BCUT2D eigenvalue weighted by molar-refractivity contribution is 0.289. The van der Waals surface area contributed by atoms with Crippen molar-refractivity contribution in [1.82, 2.24) is 0 Å². The Kier molecular flexibility index (Phi) is 9.97. The van der Waals surface area contributed by atoms with Gasteiger partial charge in [-0.3, -0.25) is 0 Å². The first kappa shape index (κ1) is 31.6. The predicted octanol–water partition coefficient (Wildman–Crippen LogP) is 8.35. The monoisotopic (exact) mass is 624 g/mol. The summed E-state index contributed by atoms with van der Waals surface area (Å²) in [5.74, 6) is 1.90. The third-order valence-electron chi connectivity index (χ3n) is 8.70. The zero-order valence-corrected chi connectivity index (χ0v) is 27.2. The fourth-order valence-corrected chi connectivity index (χ4v) is 6.26. The second-order valence-corrected chi connectivity index (χ2v) is 12.0. The van der Waals surface area contributed by atoms with Gasteiger partial charge in [0.05, 0.1) is 0 Å². The molecule has 0 saturated heterocycles. The molecule has 0 amide bonds. The van der Waals surface area contributed by atoms with Gasteiger partial charge in [0.1, 0.15) is 11.5 Å². The third-order valence-corrected chi connectivity index (χ3v) is 8.70. The molecule has 6 heteroatoms. The van der Waals surface area contributed by atoms with Gasteiger partial charge in [-0.15, -0.1) is 26.3 Å². The summed E-state index contributed by atoms with van der Waals surface area (Å²) < 4.78 is 12.3. The van der Waals surface area contributed by atoms with E-state index in [-0.39, 0.29) is 0 Å². The highest BCUT2D eigenvalue weighted by molar-refractivity contribution is 5.59. The summed E-state index contributed by atoms with van der Waals surface area (Å²) in [5, 5.41) is 0. The van der Waals surface area contributed by atoms with Crippen LogP contribution < -0.4 is 29.1 Å². The van der Waals surface area contributed by atoms with Crippen molar-refractivity contribution in [2.45, 2.75) is 19.5 Å². The number of fused-ring (bicyclic) bond motifs is 2. The van der Waals surface area contributed by atoms with Crippen LogP contribution in [-0.4, -0.2) is 39.6 Å². The zero-order valence-electron chi connectivity index (χ0n) is 27.2. The number of hydrogen-bond donors (Lipinski definition) is 0. The van der Waals surface area contributed by atoms with Crippen molar-refractivity contribution in [1.29, 1.82) is 0 Å². The quantitative estimate of drug-likeness (QED) is 0.131. The molecule has 0 spiro atoms. The Balaban J connectivity index is 1.07. The fourth-order valence-electron chi connectivity index (χ4n) is 6.26. The van der Waals surface area contributed by atoms with E-state index in [0.29, 0.717) is 13.5 Å². The molecule has 4 aromatic rings. The highest BCUT2D eigenvalue weighted by Gasteiger charge is 2.21. The first-order valence-corrected chi connectivity index (χ1v) is 16.2. The lowest BCUT2D eigenvalue weighted by atomic mass is 10.0. The minimum absolute atomic E-state index is 0.532. The Morgan fingerprint density at radius 2 is 0.915 bits per heavy atom. The maximum atomic E-state index is 6.13. The molecular weight excluding hydrogens is 580 g/mol. The molecule has 0 atom stereocenters. The lowest BCUT2D eigenvalue weighted by Crippen LogP contribution is -2.32. The molecule has 240 valence electrons. The molecule has 0 saturated carbocycles. The lowest BCUT2D eigenvalue weighted by Gasteiger charge is -2.32. The largest absolute Gasteiger partial charge is 0.473 e. The van der Waals surface area contributed by atoms with Gasteiger partial charge in [0, 0.05) is 73.1 Å². The Bertz CT molecular complexity index is 1570. The second-order valence-electron chi connectivity index (χ2n) is 12.0. The van der Waals surface area contributed by atoms with Crippen molar-refractivity contribution < 1.29 is 9.47 Å². The minimum Gasteiger partial charge on any atom is -0.473 e. The van der Waals surface area contributed by atoms with Crippen molar-refractivity contribution >= 4 is 22.7 Å². The average molecular weight is 625 g/mol. The summed E-state index contributed by atoms with van der Waals surface area (Å²) in [6.45, 7) is 21.4. The maximum absolute atomic E-state index is 6.13. The van der Waals surface area contributed by atoms with E-state index in [4.69, 9.17) is 9.47 Å². The van der Waals surface area contributed by atoms with Crippen LogP contribution in [0.3, 0.4) is 0 Å². The van der Waals surface area contributed by atoms with E-state index in [1.165, 1.54) is 22.3 Å². The maximum Gasteiger partial charge on any atom is 0.161 e. The van der Waals surface area contributed by atoms with Gasteiger partial charge in [0.25, 0.3) is 0 Å². The molecule has 0 fully saturated rings. The molecule has 2 aliphatic rings. The fraction of sp³-hybridized carbons (Fsp3) is 0.220. The summed E-state index contributed by atoms with van der Waals surface area (Å²) in [5.41, 5.74) is 9.52. The van der Waals surface area contributed by atoms with Crippen LogP contribution in [0, 0.1) is 0 Å². The van der Waals surface area contributed by atoms with E-state index >= 15 is 0 Å². The predicted molar refractivity (Wildman–Crippen MR) is 197 cm³/mol. The van der Waals surface area contributed by atoms with E-state index in [1.807, 2.05) is 24.3 Å². The number of rotatable bonds is 14. The van der Waals surface area contributed by atoms with E-state index in [1.54, 1.807) is 0 Å². The van der Waals surface area contributed by atoms with Crippen molar-refractivity contribution in [3.8, 4) is 11.5 Å². The molecule has 6 nitrogen and oxygen atoms in total. The molecule has 0 aromatic heterocycles.